The molecule has 2 aromatic rings. The van der Waals surface area contributed by atoms with Gasteiger partial charge in [0, 0.05) is 36.8 Å². The molecule has 142 valence electrons. The number of carbonyl (C=O) groups is 1. The summed E-state index contributed by atoms with van der Waals surface area (Å²) in [5.41, 5.74) is 7.59. The molecule has 0 spiro atoms. The van der Waals surface area contributed by atoms with Crippen molar-refractivity contribution in [3.05, 3.63) is 70.3 Å². The van der Waals surface area contributed by atoms with Crippen LogP contribution in [0.25, 0.3) is 0 Å². The zero-order valence-electron chi connectivity index (χ0n) is 15.2. The number of hydrogen-bond donors (Lipinski definition) is 2. The molecule has 0 bridgehead atoms. The van der Waals surface area contributed by atoms with Crippen molar-refractivity contribution in [2.45, 2.75) is 18.9 Å². The van der Waals surface area contributed by atoms with Crippen LogP contribution in [0.2, 0.25) is 0 Å². The van der Waals surface area contributed by atoms with Crippen molar-refractivity contribution in [2.75, 3.05) is 25.0 Å². The van der Waals surface area contributed by atoms with Crippen LogP contribution in [0.4, 0.5) is 11.4 Å². The Morgan fingerprint density at radius 2 is 2.00 bits per heavy atom. The maximum atomic E-state index is 12.7. The zero-order chi connectivity index (χ0) is 19.4. The van der Waals surface area contributed by atoms with Crippen molar-refractivity contribution < 1.29 is 9.72 Å². The van der Waals surface area contributed by atoms with E-state index >= 15 is 0 Å². The first-order valence-corrected chi connectivity index (χ1v) is 9.04. The number of amides is 1. The van der Waals surface area contributed by atoms with E-state index in [2.05, 4.69) is 22.3 Å². The lowest BCUT2D eigenvalue weighted by molar-refractivity contribution is -0.384. The molecule has 1 aliphatic rings. The van der Waals surface area contributed by atoms with Crippen LogP contribution in [-0.4, -0.2) is 41.4 Å². The number of carbonyl (C=O) groups excluding carboxylic acids is 1. The van der Waals surface area contributed by atoms with Crippen LogP contribution in [-0.2, 0) is 4.79 Å². The van der Waals surface area contributed by atoms with E-state index in [4.69, 9.17) is 5.73 Å². The minimum atomic E-state index is -0.476. The third-order valence-electron chi connectivity index (χ3n) is 5.25. The summed E-state index contributed by atoms with van der Waals surface area (Å²) in [5, 5.41) is 13.7. The molecule has 27 heavy (non-hydrogen) atoms. The van der Waals surface area contributed by atoms with Crippen molar-refractivity contribution in [3.8, 4) is 0 Å². The summed E-state index contributed by atoms with van der Waals surface area (Å²) >= 11 is 0. The Morgan fingerprint density at radius 1 is 1.26 bits per heavy atom. The van der Waals surface area contributed by atoms with Crippen LogP contribution in [0.3, 0.4) is 0 Å². The molecule has 1 amide bonds. The van der Waals surface area contributed by atoms with Crippen LogP contribution in [0.15, 0.2) is 54.6 Å². The van der Waals surface area contributed by atoms with Crippen LogP contribution < -0.4 is 11.1 Å². The standard InChI is InChI=1S/C20H24N4O3/c1-14(20(25)22-17-8-5-9-18(10-17)24(26)27)23-12-16(11-21)19(13-23)15-6-3-2-4-7-15/h2-10,14,16,19H,11-13,21H2,1H3,(H,22,25)/t14?,16-,19+/m1/s1. The van der Waals surface area contributed by atoms with E-state index in [-0.39, 0.29) is 17.6 Å². The van der Waals surface area contributed by atoms with Crippen molar-refractivity contribution in [1.29, 1.82) is 0 Å². The van der Waals surface area contributed by atoms with Crippen molar-refractivity contribution in [2.24, 2.45) is 11.7 Å². The number of benzene rings is 2. The van der Waals surface area contributed by atoms with E-state index < -0.39 is 4.92 Å². The number of likely N-dealkylation sites (tertiary alicyclic amines) is 1. The van der Waals surface area contributed by atoms with Gasteiger partial charge >= 0.3 is 0 Å². The van der Waals surface area contributed by atoms with Gasteiger partial charge in [-0.3, -0.25) is 19.8 Å². The van der Waals surface area contributed by atoms with E-state index in [1.54, 1.807) is 12.1 Å². The van der Waals surface area contributed by atoms with Gasteiger partial charge in [-0.1, -0.05) is 36.4 Å². The average molecular weight is 368 g/mol. The van der Waals surface area contributed by atoms with E-state index in [1.165, 1.54) is 17.7 Å². The Morgan fingerprint density at radius 3 is 2.67 bits per heavy atom. The number of nitrogens with one attached hydrogen (secondary N) is 1. The van der Waals surface area contributed by atoms with Gasteiger partial charge in [0.1, 0.15) is 0 Å². The molecule has 0 aromatic heterocycles. The minimum Gasteiger partial charge on any atom is -0.330 e. The summed E-state index contributed by atoms with van der Waals surface area (Å²) < 4.78 is 0. The molecule has 3 N–H and O–H groups in total. The number of nitro benzene ring substituents is 1. The lowest BCUT2D eigenvalue weighted by Crippen LogP contribution is -2.41. The first-order chi connectivity index (χ1) is 13.0. The molecule has 7 heteroatoms. The maximum Gasteiger partial charge on any atom is 0.271 e. The summed E-state index contributed by atoms with van der Waals surface area (Å²) in [6.45, 7) is 3.93. The molecule has 3 rings (SSSR count). The fourth-order valence-electron chi connectivity index (χ4n) is 3.65. The normalized spacial score (nSPS) is 21.0. The molecule has 1 unspecified atom stereocenters. The Hall–Kier alpha value is -2.77. The molecular formula is C20H24N4O3. The highest BCUT2D eigenvalue weighted by Crippen LogP contribution is 2.33. The maximum absolute atomic E-state index is 12.7. The number of non-ortho nitro benzene ring substituents is 1. The lowest BCUT2D eigenvalue weighted by Gasteiger charge is -2.23. The summed E-state index contributed by atoms with van der Waals surface area (Å²) in [7, 11) is 0. The van der Waals surface area contributed by atoms with Crippen molar-refractivity contribution >= 4 is 17.3 Å². The van der Waals surface area contributed by atoms with E-state index in [9.17, 15) is 14.9 Å². The van der Waals surface area contributed by atoms with Gasteiger partial charge in [0.15, 0.2) is 0 Å². The van der Waals surface area contributed by atoms with Gasteiger partial charge in [0.2, 0.25) is 5.91 Å². The number of nitro groups is 1. The fraction of sp³-hybridized carbons (Fsp3) is 0.350. The van der Waals surface area contributed by atoms with Gasteiger partial charge < -0.3 is 11.1 Å². The second kappa shape index (κ2) is 8.28. The van der Waals surface area contributed by atoms with Gasteiger partial charge in [0.25, 0.3) is 5.69 Å². The van der Waals surface area contributed by atoms with Gasteiger partial charge in [-0.2, -0.15) is 0 Å². The SMILES string of the molecule is CC(C(=O)Nc1cccc([N+](=O)[O-])c1)N1C[C@@H](CN)[C@H](c2ccccc2)C1. The summed E-state index contributed by atoms with van der Waals surface area (Å²) in [6, 6.07) is 15.8. The number of nitrogens with zero attached hydrogens (tertiary/aromatic N) is 2. The number of rotatable bonds is 6. The second-order valence-electron chi connectivity index (χ2n) is 6.94. The average Bonchev–Trinajstić information content (AvgIpc) is 3.12. The Balaban J connectivity index is 1.68. The summed E-state index contributed by atoms with van der Waals surface area (Å²) in [5.74, 6) is 0.407. The third-order valence-corrected chi connectivity index (χ3v) is 5.25. The first-order valence-electron chi connectivity index (χ1n) is 9.04. The van der Waals surface area contributed by atoms with E-state index in [0.29, 0.717) is 24.1 Å². The smallest absolute Gasteiger partial charge is 0.271 e. The molecule has 2 aromatic carbocycles. The van der Waals surface area contributed by atoms with Crippen molar-refractivity contribution in [1.82, 2.24) is 4.90 Å². The highest BCUT2D eigenvalue weighted by atomic mass is 16.6. The predicted molar refractivity (Wildman–Crippen MR) is 104 cm³/mol. The summed E-state index contributed by atoms with van der Waals surface area (Å²) in [6.07, 6.45) is 0. The zero-order valence-corrected chi connectivity index (χ0v) is 15.2. The Labute approximate surface area is 158 Å². The molecule has 0 radical (unpaired) electrons. The van der Waals surface area contributed by atoms with Gasteiger partial charge in [-0.15, -0.1) is 0 Å². The van der Waals surface area contributed by atoms with Crippen LogP contribution in [0.1, 0.15) is 18.4 Å². The molecule has 1 saturated heterocycles. The van der Waals surface area contributed by atoms with Crippen LogP contribution >= 0.6 is 0 Å². The highest BCUT2D eigenvalue weighted by Gasteiger charge is 2.36. The number of hydrogen-bond acceptors (Lipinski definition) is 5. The fourth-order valence-corrected chi connectivity index (χ4v) is 3.65. The monoisotopic (exact) mass is 368 g/mol. The number of anilines is 1. The molecule has 7 nitrogen and oxygen atoms in total. The van der Waals surface area contributed by atoms with Crippen LogP contribution in [0, 0.1) is 16.0 Å². The summed E-state index contributed by atoms with van der Waals surface area (Å²) in [4.78, 5) is 25.2. The quantitative estimate of drug-likeness (QED) is 0.603. The van der Waals surface area contributed by atoms with Crippen LogP contribution in [0.5, 0.6) is 0 Å². The minimum absolute atomic E-state index is 0.0473. The van der Waals surface area contributed by atoms with Gasteiger partial charge in [-0.05, 0) is 31.0 Å². The topological polar surface area (TPSA) is 101 Å². The lowest BCUT2D eigenvalue weighted by atomic mass is 9.89. The third kappa shape index (κ3) is 4.32. The second-order valence-corrected chi connectivity index (χ2v) is 6.94. The van der Waals surface area contributed by atoms with Crippen molar-refractivity contribution in [3.63, 3.8) is 0 Å². The van der Waals surface area contributed by atoms with Gasteiger partial charge in [-0.25, -0.2) is 0 Å². The molecule has 1 fully saturated rings. The first kappa shape index (κ1) is 19.0. The largest absolute Gasteiger partial charge is 0.330 e. The molecule has 1 aliphatic heterocycles. The van der Waals surface area contributed by atoms with Gasteiger partial charge in [0.05, 0.1) is 11.0 Å². The highest BCUT2D eigenvalue weighted by molar-refractivity contribution is 5.94. The Bertz CT molecular complexity index is 812. The predicted octanol–water partition coefficient (Wildman–Crippen LogP) is 2.60. The number of nitrogens with two attached hydrogens (primary N) is 1. The Kier molecular flexibility index (Phi) is 5.83. The van der Waals surface area contributed by atoms with E-state index in [0.717, 1.165) is 13.1 Å². The molecule has 3 atom stereocenters. The molecule has 1 heterocycles. The molecule has 0 saturated carbocycles. The molecular weight excluding hydrogens is 344 g/mol. The molecule has 0 aliphatic carbocycles. The van der Waals surface area contributed by atoms with E-state index in [1.807, 2.05) is 25.1 Å².